The predicted molar refractivity (Wildman–Crippen MR) is 136 cm³/mol. The molecule has 178 valence electrons. The van der Waals surface area contributed by atoms with Crippen LogP contribution < -0.4 is 5.32 Å². The zero-order chi connectivity index (χ0) is 24.3. The molecular weight excluding hydrogens is 470 g/mol. The zero-order valence-corrected chi connectivity index (χ0v) is 20.8. The van der Waals surface area contributed by atoms with Crippen LogP contribution in [-0.2, 0) is 14.8 Å². The quantitative estimate of drug-likeness (QED) is 0.538. The number of halogens is 1. The Hall–Kier alpha value is -2.71. The number of amides is 1. The van der Waals surface area contributed by atoms with Crippen LogP contribution in [0.4, 0.5) is 5.69 Å². The van der Waals surface area contributed by atoms with Gasteiger partial charge in [-0.15, -0.1) is 0 Å². The maximum Gasteiger partial charge on any atom is 0.246 e. The lowest BCUT2D eigenvalue weighted by atomic mass is 10.0. The second-order valence-electron chi connectivity index (χ2n) is 8.51. The molecule has 0 spiro atoms. The lowest BCUT2D eigenvalue weighted by Gasteiger charge is -2.38. The molecule has 1 aliphatic heterocycles. The van der Waals surface area contributed by atoms with Crippen molar-refractivity contribution in [3.63, 3.8) is 0 Å². The van der Waals surface area contributed by atoms with Crippen molar-refractivity contribution in [1.82, 2.24) is 9.21 Å². The van der Waals surface area contributed by atoms with E-state index < -0.39 is 16.1 Å². The van der Waals surface area contributed by atoms with E-state index in [-0.39, 0.29) is 10.8 Å². The van der Waals surface area contributed by atoms with Crippen LogP contribution in [0.5, 0.6) is 0 Å². The summed E-state index contributed by atoms with van der Waals surface area (Å²) in [5.74, 6) is -0.131. The van der Waals surface area contributed by atoms with E-state index in [4.69, 9.17) is 11.6 Å². The van der Waals surface area contributed by atoms with Crippen molar-refractivity contribution in [3.05, 3.63) is 94.5 Å². The van der Waals surface area contributed by atoms with Crippen molar-refractivity contribution in [2.45, 2.75) is 24.8 Å². The molecule has 0 bridgehead atoms. The van der Waals surface area contributed by atoms with Gasteiger partial charge in [-0.25, -0.2) is 8.42 Å². The Morgan fingerprint density at radius 2 is 1.56 bits per heavy atom. The first kappa shape index (κ1) is 24.4. The van der Waals surface area contributed by atoms with E-state index in [1.807, 2.05) is 67.3 Å². The van der Waals surface area contributed by atoms with E-state index in [1.54, 1.807) is 12.1 Å². The number of rotatable bonds is 6. The summed E-state index contributed by atoms with van der Waals surface area (Å²) in [4.78, 5) is 15.8. The van der Waals surface area contributed by atoms with Crippen molar-refractivity contribution in [2.75, 3.05) is 31.5 Å². The normalized spacial score (nSPS) is 16.2. The van der Waals surface area contributed by atoms with Gasteiger partial charge in [-0.3, -0.25) is 9.69 Å². The number of piperazine rings is 1. The molecule has 1 amide bonds. The fraction of sp³-hybridized carbons (Fsp3) is 0.269. The van der Waals surface area contributed by atoms with E-state index in [9.17, 15) is 13.2 Å². The SMILES string of the molecule is Cc1ccc(C)c(NC(=O)C(c2ccccc2)N2CCN(S(=O)(=O)c3ccc(Cl)cc3)CC2)c1. The average Bonchev–Trinajstić information content (AvgIpc) is 2.83. The Morgan fingerprint density at radius 1 is 0.912 bits per heavy atom. The van der Waals surface area contributed by atoms with Gasteiger partial charge in [0, 0.05) is 36.9 Å². The number of nitrogens with one attached hydrogen (secondary N) is 1. The first-order valence-corrected chi connectivity index (χ1v) is 13.0. The number of aryl methyl sites for hydroxylation is 2. The molecule has 3 aromatic carbocycles. The molecule has 1 saturated heterocycles. The molecule has 8 heteroatoms. The van der Waals surface area contributed by atoms with Crippen LogP contribution in [0.25, 0.3) is 0 Å². The minimum Gasteiger partial charge on any atom is -0.324 e. The third-order valence-electron chi connectivity index (χ3n) is 6.10. The monoisotopic (exact) mass is 497 g/mol. The number of anilines is 1. The molecule has 0 aliphatic carbocycles. The maximum atomic E-state index is 13.5. The maximum absolute atomic E-state index is 13.5. The van der Waals surface area contributed by atoms with E-state index in [2.05, 4.69) is 5.32 Å². The smallest absolute Gasteiger partial charge is 0.246 e. The van der Waals surface area contributed by atoms with Gasteiger partial charge in [0.2, 0.25) is 15.9 Å². The molecule has 4 rings (SSSR count). The summed E-state index contributed by atoms with van der Waals surface area (Å²) in [6.45, 7) is 5.42. The highest BCUT2D eigenvalue weighted by Crippen LogP contribution is 2.27. The number of sulfonamides is 1. The number of hydrogen-bond acceptors (Lipinski definition) is 4. The Bertz CT molecular complexity index is 1260. The topological polar surface area (TPSA) is 69.7 Å². The highest BCUT2D eigenvalue weighted by molar-refractivity contribution is 7.89. The summed E-state index contributed by atoms with van der Waals surface area (Å²) in [5, 5.41) is 3.58. The van der Waals surface area contributed by atoms with Gasteiger partial charge in [-0.05, 0) is 60.9 Å². The van der Waals surface area contributed by atoms with Crippen molar-refractivity contribution in [3.8, 4) is 0 Å². The summed E-state index contributed by atoms with van der Waals surface area (Å²) in [6, 6.07) is 21.2. The standard InChI is InChI=1S/C26H28ClN3O3S/c1-19-8-9-20(2)24(18-19)28-26(31)25(21-6-4-3-5-7-21)29-14-16-30(17-15-29)34(32,33)23-12-10-22(27)11-13-23/h3-13,18,25H,14-17H2,1-2H3,(H,28,31). The highest BCUT2D eigenvalue weighted by atomic mass is 35.5. The first-order valence-electron chi connectivity index (χ1n) is 11.2. The summed E-state index contributed by atoms with van der Waals surface area (Å²) in [5.41, 5.74) is 3.72. The highest BCUT2D eigenvalue weighted by Gasteiger charge is 2.34. The van der Waals surface area contributed by atoms with Gasteiger partial charge in [0.15, 0.2) is 0 Å². The van der Waals surface area contributed by atoms with Crippen LogP contribution in [0.15, 0.2) is 77.7 Å². The van der Waals surface area contributed by atoms with Gasteiger partial charge in [0.1, 0.15) is 6.04 Å². The summed E-state index contributed by atoms with van der Waals surface area (Å²) >= 11 is 5.91. The number of carbonyl (C=O) groups excluding carboxylic acids is 1. The van der Waals surface area contributed by atoms with Gasteiger partial charge >= 0.3 is 0 Å². The van der Waals surface area contributed by atoms with Gasteiger partial charge in [-0.2, -0.15) is 4.31 Å². The molecule has 3 aromatic rings. The van der Waals surface area contributed by atoms with Crippen LogP contribution in [0.3, 0.4) is 0 Å². The van der Waals surface area contributed by atoms with Crippen LogP contribution in [0, 0.1) is 13.8 Å². The Morgan fingerprint density at radius 3 is 2.21 bits per heavy atom. The van der Waals surface area contributed by atoms with Gasteiger partial charge in [0.25, 0.3) is 0 Å². The Kier molecular flexibility index (Phi) is 7.38. The van der Waals surface area contributed by atoms with E-state index in [0.717, 1.165) is 22.4 Å². The van der Waals surface area contributed by atoms with E-state index >= 15 is 0 Å². The van der Waals surface area contributed by atoms with Gasteiger partial charge < -0.3 is 5.32 Å². The molecule has 6 nitrogen and oxygen atoms in total. The average molecular weight is 498 g/mol. The number of nitrogens with zero attached hydrogens (tertiary/aromatic N) is 2. The van der Waals surface area contributed by atoms with Crippen molar-refractivity contribution >= 4 is 33.2 Å². The molecule has 0 aromatic heterocycles. The fourth-order valence-corrected chi connectivity index (χ4v) is 5.74. The third-order valence-corrected chi connectivity index (χ3v) is 8.27. The molecular formula is C26H28ClN3O3S. The second kappa shape index (κ2) is 10.3. The molecule has 1 unspecified atom stereocenters. The largest absolute Gasteiger partial charge is 0.324 e. The van der Waals surface area contributed by atoms with E-state index in [1.165, 1.54) is 16.4 Å². The van der Waals surface area contributed by atoms with Gasteiger partial charge in [0.05, 0.1) is 4.90 Å². The predicted octanol–water partition coefficient (Wildman–Crippen LogP) is 4.64. The van der Waals surface area contributed by atoms with Crippen LogP contribution in [0.1, 0.15) is 22.7 Å². The van der Waals surface area contributed by atoms with Crippen molar-refractivity contribution in [1.29, 1.82) is 0 Å². The van der Waals surface area contributed by atoms with Crippen LogP contribution in [-0.4, -0.2) is 49.7 Å². The van der Waals surface area contributed by atoms with Gasteiger partial charge in [-0.1, -0.05) is 54.1 Å². The Labute approximate surface area is 206 Å². The lowest BCUT2D eigenvalue weighted by molar-refractivity contribution is -0.122. The summed E-state index contributed by atoms with van der Waals surface area (Å²) in [7, 11) is -3.62. The molecule has 1 fully saturated rings. The lowest BCUT2D eigenvalue weighted by Crippen LogP contribution is -2.51. The minimum absolute atomic E-state index is 0.131. The van der Waals surface area contributed by atoms with E-state index in [0.29, 0.717) is 31.2 Å². The number of hydrogen-bond donors (Lipinski definition) is 1. The summed E-state index contributed by atoms with van der Waals surface area (Å²) in [6.07, 6.45) is 0. The zero-order valence-electron chi connectivity index (χ0n) is 19.2. The second-order valence-corrected chi connectivity index (χ2v) is 10.9. The molecule has 0 saturated carbocycles. The molecule has 1 aliphatic rings. The molecule has 1 atom stereocenters. The van der Waals surface area contributed by atoms with Crippen LogP contribution in [0.2, 0.25) is 5.02 Å². The summed E-state index contributed by atoms with van der Waals surface area (Å²) < 4.78 is 27.6. The number of carbonyl (C=O) groups is 1. The fourth-order valence-electron chi connectivity index (χ4n) is 4.19. The van der Waals surface area contributed by atoms with Crippen molar-refractivity contribution in [2.24, 2.45) is 0 Å². The third kappa shape index (κ3) is 5.33. The molecule has 34 heavy (non-hydrogen) atoms. The molecule has 0 radical (unpaired) electrons. The Balaban J connectivity index is 1.54. The first-order chi connectivity index (χ1) is 16.3. The minimum atomic E-state index is -3.62. The number of benzene rings is 3. The van der Waals surface area contributed by atoms with Crippen LogP contribution >= 0.6 is 11.6 Å². The molecule has 1 heterocycles. The van der Waals surface area contributed by atoms with Crippen molar-refractivity contribution < 1.29 is 13.2 Å². The molecule has 1 N–H and O–H groups in total.